The van der Waals surface area contributed by atoms with Gasteiger partial charge in [0.1, 0.15) is 0 Å². The summed E-state index contributed by atoms with van der Waals surface area (Å²) in [6.07, 6.45) is 0. The van der Waals surface area contributed by atoms with Gasteiger partial charge in [0.05, 0.1) is 0 Å². The second-order valence-electron chi connectivity index (χ2n) is 5.60. The van der Waals surface area contributed by atoms with Crippen molar-refractivity contribution in [2.45, 2.75) is 33.6 Å². The summed E-state index contributed by atoms with van der Waals surface area (Å²) in [7, 11) is 0. The summed E-state index contributed by atoms with van der Waals surface area (Å²) in [6.45, 7) is 11.0. The second kappa shape index (κ2) is 7.25. The Morgan fingerprint density at radius 1 is 1.06 bits per heavy atom. The molecule has 0 N–H and O–H groups in total. The molecule has 1 aromatic carbocycles. The summed E-state index contributed by atoms with van der Waals surface area (Å²) in [6, 6.07) is 6.00. The van der Waals surface area contributed by atoms with Crippen LogP contribution in [0, 0.1) is 11.8 Å². The van der Waals surface area contributed by atoms with Crippen molar-refractivity contribution in [2.75, 3.05) is 18.0 Å². The molecule has 0 aliphatic rings. The molecule has 0 aliphatic heterocycles. The summed E-state index contributed by atoms with van der Waals surface area (Å²) in [5.74, 6) is 1.76. The summed E-state index contributed by atoms with van der Waals surface area (Å²) >= 11 is 12.1. The van der Waals surface area contributed by atoms with Gasteiger partial charge in [0, 0.05) is 29.7 Å². The molecule has 102 valence electrons. The van der Waals surface area contributed by atoms with Gasteiger partial charge < -0.3 is 4.90 Å². The summed E-state index contributed by atoms with van der Waals surface area (Å²) in [5.41, 5.74) is 2.34. The molecule has 0 atom stereocenters. The first-order valence-electron chi connectivity index (χ1n) is 6.53. The lowest BCUT2D eigenvalue weighted by Gasteiger charge is -2.30. The lowest BCUT2D eigenvalue weighted by molar-refractivity contribution is 0.552. The van der Waals surface area contributed by atoms with Crippen LogP contribution < -0.4 is 4.90 Å². The highest BCUT2D eigenvalue weighted by atomic mass is 35.5. The molecule has 3 heteroatoms. The van der Waals surface area contributed by atoms with Crippen LogP contribution in [0.15, 0.2) is 18.2 Å². The molecule has 0 radical (unpaired) electrons. The number of hydrogen-bond donors (Lipinski definition) is 0. The van der Waals surface area contributed by atoms with E-state index in [1.807, 2.05) is 12.1 Å². The van der Waals surface area contributed by atoms with E-state index in [0.717, 1.165) is 23.7 Å². The number of benzene rings is 1. The standard InChI is InChI=1S/C15H23Cl2N/c1-11(2)9-18(10-12(3)4)15-6-5-14(17)7-13(15)8-16/h5-7,11-12H,8-10H2,1-4H3. The Bertz CT molecular complexity index is 365. The van der Waals surface area contributed by atoms with Crippen molar-refractivity contribution in [3.05, 3.63) is 28.8 Å². The number of hydrogen-bond acceptors (Lipinski definition) is 1. The van der Waals surface area contributed by atoms with Gasteiger partial charge in [-0.2, -0.15) is 0 Å². The van der Waals surface area contributed by atoms with E-state index in [1.54, 1.807) is 0 Å². The minimum absolute atomic E-state index is 0.503. The fourth-order valence-corrected chi connectivity index (χ4v) is 2.53. The third kappa shape index (κ3) is 4.70. The molecule has 0 aromatic heterocycles. The van der Waals surface area contributed by atoms with E-state index in [0.29, 0.717) is 17.7 Å². The van der Waals surface area contributed by atoms with Crippen LogP contribution in [-0.2, 0) is 5.88 Å². The quantitative estimate of drug-likeness (QED) is 0.650. The molecule has 0 saturated carbocycles. The molecule has 0 bridgehead atoms. The number of rotatable bonds is 6. The maximum absolute atomic E-state index is 6.04. The van der Waals surface area contributed by atoms with Crippen LogP contribution in [0.2, 0.25) is 5.02 Å². The van der Waals surface area contributed by atoms with Crippen LogP contribution in [0.4, 0.5) is 5.69 Å². The zero-order chi connectivity index (χ0) is 13.7. The predicted octanol–water partition coefficient (Wildman–Crippen LogP) is 5.20. The normalized spacial score (nSPS) is 11.3. The van der Waals surface area contributed by atoms with Gasteiger partial charge in [-0.1, -0.05) is 39.3 Å². The topological polar surface area (TPSA) is 3.24 Å². The van der Waals surface area contributed by atoms with Crippen LogP contribution >= 0.6 is 23.2 Å². The molecule has 0 spiro atoms. The number of anilines is 1. The zero-order valence-corrected chi connectivity index (χ0v) is 13.2. The molecule has 0 heterocycles. The minimum atomic E-state index is 0.503. The minimum Gasteiger partial charge on any atom is -0.371 e. The molecule has 0 saturated heterocycles. The highest BCUT2D eigenvalue weighted by Gasteiger charge is 2.14. The SMILES string of the molecule is CC(C)CN(CC(C)C)c1ccc(Cl)cc1CCl. The molecule has 1 rings (SSSR count). The van der Waals surface area contributed by atoms with Crippen LogP contribution in [-0.4, -0.2) is 13.1 Å². The molecule has 0 aliphatic carbocycles. The largest absolute Gasteiger partial charge is 0.371 e. The van der Waals surface area contributed by atoms with Crippen molar-refractivity contribution in [3.63, 3.8) is 0 Å². The average molecular weight is 288 g/mol. The number of halogens is 2. The fraction of sp³-hybridized carbons (Fsp3) is 0.600. The summed E-state index contributed by atoms with van der Waals surface area (Å²) < 4.78 is 0. The van der Waals surface area contributed by atoms with Crippen LogP contribution in [0.1, 0.15) is 33.3 Å². The fourth-order valence-electron chi connectivity index (χ4n) is 2.12. The Kier molecular flexibility index (Phi) is 6.31. The molecular formula is C15H23Cl2N. The van der Waals surface area contributed by atoms with Gasteiger partial charge in [-0.15, -0.1) is 11.6 Å². The van der Waals surface area contributed by atoms with Crippen molar-refractivity contribution in [2.24, 2.45) is 11.8 Å². The third-order valence-corrected chi connectivity index (χ3v) is 3.22. The smallest absolute Gasteiger partial charge is 0.0495 e. The molecule has 18 heavy (non-hydrogen) atoms. The van der Waals surface area contributed by atoms with Crippen LogP contribution in [0.5, 0.6) is 0 Å². The molecule has 1 nitrogen and oxygen atoms in total. The Morgan fingerprint density at radius 2 is 1.61 bits per heavy atom. The van der Waals surface area contributed by atoms with E-state index in [2.05, 4.69) is 38.7 Å². The second-order valence-corrected chi connectivity index (χ2v) is 6.30. The Hall–Kier alpha value is -0.400. The molecular weight excluding hydrogens is 265 g/mol. The monoisotopic (exact) mass is 287 g/mol. The van der Waals surface area contributed by atoms with Gasteiger partial charge in [-0.25, -0.2) is 0 Å². The van der Waals surface area contributed by atoms with Crippen LogP contribution in [0.25, 0.3) is 0 Å². The van der Waals surface area contributed by atoms with E-state index in [9.17, 15) is 0 Å². The van der Waals surface area contributed by atoms with Crippen molar-refractivity contribution in [1.82, 2.24) is 0 Å². The molecule has 0 fully saturated rings. The molecule has 0 amide bonds. The van der Waals surface area contributed by atoms with Crippen molar-refractivity contribution < 1.29 is 0 Å². The van der Waals surface area contributed by atoms with E-state index in [4.69, 9.17) is 23.2 Å². The summed E-state index contributed by atoms with van der Waals surface area (Å²) in [5, 5.41) is 0.753. The van der Waals surface area contributed by atoms with E-state index in [1.165, 1.54) is 5.69 Å². The van der Waals surface area contributed by atoms with Gasteiger partial charge in [-0.05, 0) is 35.6 Å². The van der Waals surface area contributed by atoms with Crippen LogP contribution in [0.3, 0.4) is 0 Å². The predicted molar refractivity (Wildman–Crippen MR) is 82.9 cm³/mol. The van der Waals surface area contributed by atoms with Crippen molar-refractivity contribution >= 4 is 28.9 Å². The lowest BCUT2D eigenvalue weighted by atomic mass is 10.1. The highest BCUT2D eigenvalue weighted by Crippen LogP contribution is 2.27. The van der Waals surface area contributed by atoms with Gasteiger partial charge >= 0.3 is 0 Å². The maximum atomic E-state index is 6.04. The third-order valence-electron chi connectivity index (χ3n) is 2.70. The van der Waals surface area contributed by atoms with Gasteiger partial charge in [0.15, 0.2) is 0 Å². The number of nitrogens with zero attached hydrogens (tertiary/aromatic N) is 1. The van der Waals surface area contributed by atoms with E-state index >= 15 is 0 Å². The van der Waals surface area contributed by atoms with Crippen molar-refractivity contribution in [3.8, 4) is 0 Å². The Morgan fingerprint density at radius 3 is 2.06 bits per heavy atom. The summed E-state index contributed by atoms with van der Waals surface area (Å²) in [4.78, 5) is 2.42. The van der Waals surface area contributed by atoms with Gasteiger partial charge in [0.2, 0.25) is 0 Å². The van der Waals surface area contributed by atoms with E-state index < -0.39 is 0 Å². The van der Waals surface area contributed by atoms with Crippen molar-refractivity contribution in [1.29, 1.82) is 0 Å². The first-order valence-corrected chi connectivity index (χ1v) is 7.44. The first-order chi connectivity index (χ1) is 8.43. The molecule has 1 aromatic rings. The molecule has 0 unspecified atom stereocenters. The highest BCUT2D eigenvalue weighted by molar-refractivity contribution is 6.30. The Balaban J connectivity index is 3.03. The first kappa shape index (κ1) is 15.7. The van der Waals surface area contributed by atoms with Gasteiger partial charge in [-0.3, -0.25) is 0 Å². The maximum Gasteiger partial charge on any atom is 0.0495 e. The lowest BCUT2D eigenvalue weighted by Crippen LogP contribution is -2.32. The Labute approximate surface area is 121 Å². The van der Waals surface area contributed by atoms with E-state index in [-0.39, 0.29) is 0 Å². The average Bonchev–Trinajstić information content (AvgIpc) is 2.26. The van der Waals surface area contributed by atoms with Gasteiger partial charge in [0.25, 0.3) is 0 Å². The number of alkyl halides is 1. The zero-order valence-electron chi connectivity index (χ0n) is 11.7.